The normalized spacial score (nSPS) is 20.6. The maximum absolute atomic E-state index is 13.1. The highest BCUT2D eigenvalue weighted by Crippen LogP contribution is 2.35. The second-order valence-corrected chi connectivity index (χ2v) is 9.16. The van der Waals surface area contributed by atoms with Crippen LogP contribution in [0.25, 0.3) is 0 Å². The standard InChI is InChI=1S/C23H24Cl2N4O3/c1-14-11-16(6-8-19(14)28-9-3-4-10-28)26-20(30)13-29-21(31)23(2,27-22(29)32)17-7-5-15(24)12-18(17)25/h5-8,11-12H,3-4,9-10,13H2,1-2H3,(H,26,30)(H,27,32). The van der Waals surface area contributed by atoms with E-state index >= 15 is 0 Å². The summed E-state index contributed by atoms with van der Waals surface area (Å²) in [7, 11) is 0. The van der Waals surface area contributed by atoms with Crippen molar-refractivity contribution in [3.8, 4) is 0 Å². The van der Waals surface area contributed by atoms with Gasteiger partial charge in [-0.05, 0) is 62.6 Å². The second-order valence-electron chi connectivity index (χ2n) is 8.31. The molecule has 2 saturated heterocycles. The topological polar surface area (TPSA) is 81.8 Å². The first kappa shape index (κ1) is 22.4. The monoisotopic (exact) mass is 474 g/mol. The van der Waals surface area contributed by atoms with Crippen molar-refractivity contribution in [1.29, 1.82) is 0 Å². The third-order valence-electron chi connectivity index (χ3n) is 5.97. The van der Waals surface area contributed by atoms with E-state index in [-0.39, 0.29) is 5.02 Å². The number of benzene rings is 2. The summed E-state index contributed by atoms with van der Waals surface area (Å²) in [6, 6.07) is 9.76. The molecule has 2 aromatic carbocycles. The van der Waals surface area contributed by atoms with Crippen LogP contribution in [0.15, 0.2) is 36.4 Å². The molecular weight excluding hydrogens is 451 g/mol. The van der Waals surface area contributed by atoms with E-state index in [0.29, 0.717) is 16.3 Å². The molecule has 168 valence electrons. The molecule has 9 heteroatoms. The predicted octanol–water partition coefficient (Wildman–Crippen LogP) is 4.31. The molecule has 2 aromatic rings. The Morgan fingerprint density at radius 1 is 1.12 bits per heavy atom. The number of hydrogen-bond acceptors (Lipinski definition) is 4. The first-order valence-electron chi connectivity index (χ1n) is 10.4. The van der Waals surface area contributed by atoms with Gasteiger partial charge in [0.25, 0.3) is 5.91 Å². The minimum atomic E-state index is -1.38. The number of urea groups is 1. The maximum Gasteiger partial charge on any atom is 0.325 e. The zero-order valence-electron chi connectivity index (χ0n) is 17.9. The van der Waals surface area contributed by atoms with E-state index in [4.69, 9.17) is 23.2 Å². The number of carbonyl (C=O) groups excluding carboxylic acids is 3. The van der Waals surface area contributed by atoms with Crippen molar-refractivity contribution >= 4 is 52.4 Å². The SMILES string of the molecule is Cc1cc(NC(=O)CN2C(=O)NC(C)(c3ccc(Cl)cc3Cl)C2=O)ccc1N1CCCC1. The number of anilines is 2. The number of nitrogens with zero attached hydrogens (tertiary/aromatic N) is 2. The van der Waals surface area contributed by atoms with Crippen molar-refractivity contribution in [2.45, 2.75) is 32.2 Å². The number of hydrogen-bond donors (Lipinski definition) is 2. The Morgan fingerprint density at radius 3 is 2.50 bits per heavy atom. The largest absolute Gasteiger partial charge is 0.371 e. The highest BCUT2D eigenvalue weighted by Gasteiger charge is 2.50. The Hall–Kier alpha value is -2.77. The van der Waals surface area contributed by atoms with Gasteiger partial charge in [-0.25, -0.2) is 4.79 Å². The molecule has 1 atom stereocenters. The molecule has 2 N–H and O–H groups in total. The van der Waals surface area contributed by atoms with Crippen LogP contribution in [0.4, 0.5) is 16.2 Å². The fraction of sp³-hybridized carbons (Fsp3) is 0.348. The zero-order chi connectivity index (χ0) is 23.0. The van der Waals surface area contributed by atoms with Crippen LogP contribution in [0.1, 0.15) is 30.9 Å². The van der Waals surface area contributed by atoms with E-state index in [0.717, 1.165) is 29.2 Å². The van der Waals surface area contributed by atoms with E-state index < -0.39 is 29.9 Å². The van der Waals surface area contributed by atoms with Gasteiger partial charge in [-0.1, -0.05) is 29.3 Å². The molecule has 2 heterocycles. The van der Waals surface area contributed by atoms with Crippen molar-refractivity contribution < 1.29 is 14.4 Å². The van der Waals surface area contributed by atoms with Gasteiger partial charge in [0.15, 0.2) is 0 Å². The molecule has 0 aliphatic carbocycles. The molecule has 2 fully saturated rings. The van der Waals surface area contributed by atoms with Crippen molar-refractivity contribution in [1.82, 2.24) is 10.2 Å². The third-order valence-corrected chi connectivity index (χ3v) is 6.52. The average Bonchev–Trinajstić information content (AvgIpc) is 3.32. The van der Waals surface area contributed by atoms with Crippen LogP contribution in [0.5, 0.6) is 0 Å². The quantitative estimate of drug-likeness (QED) is 0.632. The van der Waals surface area contributed by atoms with E-state index in [1.807, 2.05) is 25.1 Å². The van der Waals surface area contributed by atoms with Gasteiger partial charge < -0.3 is 15.5 Å². The molecule has 1 unspecified atom stereocenters. The van der Waals surface area contributed by atoms with Crippen LogP contribution < -0.4 is 15.5 Å². The smallest absolute Gasteiger partial charge is 0.325 e. The molecule has 0 spiro atoms. The number of amides is 4. The lowest BCUT2D eigenvalue weighted by Crippen LogP contribution is -2.42. The molecule has 32 heavy (non-hydrogen) atoms. The minimum Gasteiger partial charge on any atom is -0.371 e. The zero-order valence-corrected chi connectivity index (χ0v) is 19.4. The molecule has 2 aliphatic rings. The molecule has 0 radical (unpaired) electrons. The summed E-state index contributed by atoms with van der Waals surface area (Å²) >= 11 is 12.2. The highest BCUT2D eigenvalue weighted by atomic mass is 35.5. The lowest BCUT2D eigenvalue weighted by atomic mass is 9.92. The Kier molecular flexibility index (Phi) is 6.05. The van der Waals surface area contributed by atoms with Crippen molar-refractivity contribution in [3.63, 3.8) is 0 Å². The summed E-state index contributed by atoms with van der Waals surface area (Å²) in [5.41, 5.74) is 1.87. The molecule has 4 amide bonds. The lowest BCUT2D eigenvalue weighted by Gasteiger charge is -2.23. The fourth-order valence-electron chi connectivity index (χ4n) is 4.31. The fourth-order valence-corrected chi connectivity index (χ4v) is 4.91. The van der Waals surface area contributed by atoms with Gasteiger partial charge in [-0.2, -0.15) is 0 Å². The van der Waals surface area contributed by atoms with Crippen LogP contribution in [0, 0.1) is 6.92 Å². The molecule has 0 saturated carbocycles. The van der Waals surface area contributed by atoms with Crippen LogP contribution in [-0.2, 0) is 15.1 Å². The lowest BCUT2D eigenvalue weighted by molar-refractivity contribution is -0.133. The van der Waals surface area contributed by atoms with Crippen molar-refractivity contribution in [3.05, 3.63) is 57.6 Å². The summed E-state index contributed by atoms with van der Waals surface area (Å²) in [4.78, 5) is 41.5. The van der Waals surface area contributed by atoms with Crippen molar-refractivity contribution in [2.24, 2.45) is 0 Å². The van der Waals surface area contributed by atoms with Crippen molar-refractivity contribution in [2.75, 3.05) is 29.9 Å². The Morgan fingerprint density at radius 2 is 1.84 bits per heavy atom. The third kappa shape index (κ3) is 4.14. The Balaban J connectivity index is 1.46. The van der Waals surface area contributed by atoms with Crippen LogP contribution >= 0.6 is 23.2 Å². The number of halogens is 2. The molecule has 7 nitrogen and oxygen atoms in total. The van der Waals surface area contributed by atoms with Gasteiger partial charge in [0.05, 0.1) is 0 Å². The summed E-state index contributed by atoms with van der Waals surface area (Å²) in [5, 5.41) is 6.10. The van der Waals surface area contributed by atoms with Gasteiger partial charge in [0.1, 0.15) is 12.1 Å². The number of imide groups is 1. The molecule has 0 bridgehead atoms. The van der Waals surface area contributed by atoms with Gasteiger partial charge in [-0.3, -0.25) is 14.5 Å². The van der Waals surface area contributed by atoms with Gasteiger partial charge in [0, 0.05) is 40.1 Å². The molecule has 0 aromatic heterocycles. The Bertz CT molecular complexity index is 1100. The summed E-state index contributed by atoms with van der Waals surface area (Å²) in [6.07, 6.45) is 2.37. The van der Waals surface area contributed by atoms with Gasteiger partial charge in [-0.15, -0.1) is 0 Å². The second kappa shape index (κ2) is 8.64. The minimum absolute atomic E-state index is 0.258. The summed E-state index contributed by atoms with van der Waals surface area (Å²) in [6.45, 7) is 5.23. The van der Waals surface area contributed by atoms with E-state index in [1.54, 1.807) is 19.1 Å². The number of rotatable bonds is 5. The predicted molar refractivity (Wildman–Crippen MR) is 125 cm³/mol. The molecule has 4 rings (SSSR count). The van der Waals surface area contributed by atoms with E-state index in [1.165, 1.54) is 18.9 Å². The van der Waals surface area contributed by atoms with Gasteiger partial charge in [0.2, 0.25) is 5.91 Å². The number of aryl methyl sites for hydroxylation is 1. The highest BCUT2D eigenvalue weighted by molar-refractivity contribution is 6.35. The van der Waals surface area contributed by atoms with E-state index in [2.05, 4.69) is 15.5 Å². The first-order chi connectivity index (χ1) is 15.2. The average molecular weight is 475 g/mol. The molecule has 2 aliphatic heterocycles. The number of carbonyl (C=O) groups is 3. The Labute approximate surface area is 196 Å². The summed E-state index contributed by atoms with van der Waals surface area (Å²) in [5.74, 6) is -1.02. The first-order valence-corrected chi connectivity index (χ1v) is 11.2. The van der Waals surface area contributed by atoms with Gasteiger partial charge >= 0.3 is 6.03 Å². The van der Waals surface area contributed by atoms with Crippen LogP contribution in [0.2, 0.25) is 10.0 Å². The summed E-state index contributed by atoms with van der Waals surface area (Å²) < 4.78 is 0. The maximum atomic E-state index is 13.1. The van der Waals surface area contributed by atoms with E-state index in [9.17, 15) is 14.4 Å². The number of nitrogens with one attached hydrogen (secondary N) is 2. The molecular formula is C23H24Cl2N4O3. The van der Waals surface area contributed by atoms with Crippen LogP contribution in [-0.4, -0.2) is 42.4 Å². The van der Waals surface area contributed by atoms with Crippen LogP contribution in [0.3, 0.4) is 0 Å².